The van der Waals surface area contributed by atoms with Crippen LogP contribution in [0.15, 0.2) is 29.2 Å². The van der Waals surface area contributed by atoms with Gasteiger partial charge >= 0.3 is 0 Å². The molecule has 0 radical (unpaired) electrons. The highest BCUT2D eigenvalue weighted by Crippen LogP contribution is 2.24. The summed E-state index contributed by atoms with van der Waals surface area (Å²) in [5.74, 6) is 0.103. The van der Waals surface area contributed by atoms with E-state index < -0.39 is 10.0 Å². The lowest BCUT2D eigenvalue weighted by molar-refractivity contribution is -0.117. The number of hydrogen-bond acceptors (Lipinski definition) is 4. The first-order chi connectivity index (χ1) is 10.5. The average Bonchev–Trinajstić information content (AvgIpc) is 2.93. The molecule has 2 fully saturated rings. The van der Waals surface area contributed by atoms with Crippen molar-refractivity contribution >= 4 is 21.6 Å². The second-order valence-electron chi connectivity index (χ2n) is 5.86. The molecule has 3 rings (SSSR count). The Kier molecular flexibility index (Phi) is 4.20. The fourth-order valence-corrected chi connectivity index (χ4v) is 4.51. The van der Waals surface area contributed by atoms with E-state index in [2.05, 4.69) is 5.32 Å². The third-order valence-corrected chi connectivity index (χ3v) is 6.07. The maximum atomic E-state index is 12.6. The lowest BCUT2D eigenvalue weighted by Crippen LogP contribution is -2.51. The molecule has 2 aliphatic rings. The van der Waals surface area contributed by atoms with Crippen molar-refractivity contribution in [3.05, 3.63) is 24.3 Å². The molecule has 1 aromatic carbocycles. The van der Waals surface area contributed by atoms with E-state index in [1.807, 2.05) is 6.92 Å². The van der Waals surface area contributed by atoms with Gasteiger partial charge in [0.15, 0.2) is 0 Å². The van der Waals surface area contributed by atoms with Crippen LogP contribution < -0.4 is 10.2 Å². The number of rotatable bonds is 3. The van der Waals surface area contributed by atoms with Crippen molar-refractivity contribution in [2.75, 3.05) is 31.1 Å². The summed E-state index contributed by atoms with van der Waals surface area (Å²) >= 11 is 0. The topological polar surface area (TPSA) is 69.7 Å². The number of anilines is 1. The molecule has 2 saturated heterocycles. The van der Waals surface area contributed by atoms with E-state index >= 15 is 0 Å². The largest absolute Gasteiger partial charge is 0.312 e. The fraction of sp³-hybridized carbons (Fsp3) is 0.533. The first-order valence-electron chi connectivity index (χ1n) is 7.62. The molecule has 0 bridgehead atoms. The smallest absolute Gasteiger partial charge is 0.243 e. The number of sulfonamides is 1. The maximum absolute atomic E-state index is 12.6. The number of nitrogens with zero attached hydrogens (tertiary/aromatic N) is 2. The molecule has 0 spiro atoms. The predicted octanol–water partition coefficient (Wildman–Crippen LogP) is 0.796. The van der Waals surface area contributed by atoms with E-state index in [1.54, 1.807) is 29.2 Å². The zero-order valence-electron chi connectivity index (χ0n) is 12.7. The molecule has 1 atom stereocenters. The summed E-state index contributed by atoms with van der Waals surface area (Å²) in [7, 11) is -3.46. The first-order valence-corrected chi connectivity index (χ1v) is 9.06. The third kappa shape index (κ3) is 2.88. The zero-order valence-corrected chi connectivity index (χ0v) is 13.5. The van der Waals surface area contributed by atoms with Gasteiger partial charge in [-0.25, -0.2) is 8.42 Å². The standard InChI is InChI=1S/C15H21N3O3S/c1-12-11-17(10-8-16-12)22(20,21)14-6-4-13(5-7-14)18-9-2-3-15(18)19/h4-7,12,16H,2-3,8-11H2,1H3. The molecule has 1 N–H and O–H groups in total. The summed E-state index contributed by atoms with van der Waals surface area (Å²) in [5, 5.41) is 3.24. The van der Waals surface area contributed by atoms with Gasteiger partial charge in [0.25, 0.3) is 0 Å². The molecule has 2 aliphatic heterocycles. The van der Waals surface area contributed by atoms with E-state index in [1.165, 1.54) is 4.31 Å². The number of hydrogen-bond donors (Lipinski definition) is 1. The van der Waals surface area contributed by atoms with Crippen LogP contribution in [-0.2, 0) is 14.8 Å². The SMILES string of the molecule is CC1CN(S(=O)(=O)c2ccc(N3CCCC3=O)cc2)CCN1. The number of piperazine rings is 1. The Bertz CT molecular complexity index is 657. The Balaban J connectivity index is 1.81. The second kappa shape index (κ2) is 5.98. The summed E-state index contributed by atoms with van der Waals surface area (Å²) in [4.78, 5) is 13.7. The average molecular weight is 323 g/mol. The van der Waals surface area contributed by atoms with Crippen molar-refractivity contribution in [3.63, 3.8) is 0 Å². The highest BCUT2D eigenvalue weighted by molar-refractivity contribution is 7.89. The van der Waals surface area contributed by atoms with Gasteiger partial charge < -0.3 is 10.2 Å². The van der Waals surface area contributed by atoms with E-state index in [-0.39, 0.29) is 16.8 Å². The van der Waals surface area contributed by atoms with Gasteiger partial charge in [0.05, 0.1) is 4.90 Å². The van der Waals surface area contributed by atoms with Gasteiger partial charge in [-0.15, -0.1) is 0 Å². The second-order valence-corrected chi connectivity index (χ2v) is 7.80. The Labute approximate surface area is 131 Å². The summed E-state index contributed by atoms with van der Waals surface area (Å²) < 4.78 is 26.8. The van der Waals surface area contributed by atoms with Crippen LogP contribution in [0.2, 0.25) is 0 Å². The molecular weight excluding hydrogens is 302 g/mol. The van der Waals surface area contributed by atoms with E-state index in [0.717, 1.165) is 12.1 Å². The summed E-state index contributed by atoms with van der Waals surface area (Å²) in [6.45, 7) is 4.32. The highest BCUT2D eigenvalue weighted by atomic mass is 32.2. The monoisotopic (exact) mass is 323 g/mol. The molecule has 6 nitrogen and oxygen atoms in total. The summed E-state index contributed by atoms with van der Waals surface area (Å²) in [6.07, 6.45) is 1.43. The molecule has 2 heterocycles. The molecule has 120 valence electrons. The fourth-order valence-electron chi connectivity index (χ4n) is 2.98. The molecular formula is C15H21N3O3S. The quantitative estimate of drug-likeness (QED) is 0.893. The summed E-state index contributed by atoms with van der Waals surface area (Å²) in [5.41, 5.74) is 0.773. The number of nitrogens with one attached hydrogen (secondary N) is 1. The van der Waals surface area contributed by atoms with Crippen LogP contribution >= 0.6 is 0 Å². The van der Waals surface area contributed by atoms with Gasteiger partial charge in [-0.2, -0.15) is 4.31 Å². The van der Waals surface area contributed by atoms with Gasteiger partial charge in [0.2, 0.25) is 15.9 Å². The van der Waals surface area contributed by atoms with Crippen molar-refractivity contribution in [1.29, 1.82) is 0 Å². The van der Waals surface area contributed by atoms with Crippen LogP contribution in [0.25, 0.3) is 0 Å². The Morgan fingerprint density at radius 3 is 2.50 bits per heavy atom. The third-order valence-electron chi connectivity index (χ3n) is 4.19. The first kappa shape index (κ1) is 15.5. The van der Waals surface area contributed by atoms with Gasteiger partial charge in [0, 0.05) is 44.3 Å². The van der Waals surface area contributed by atoms with Crippen LogP contribution in [0.1, 0.15) is 19.8 Å². The normalized spacial score (nSPS) is 24.0. The van der Waals surface area contributed by atoms with Crippen LogP contribution in [0, 0.1) is 0 Å². The van der Waals surface area contributed by atoms with Crippen molar-refractivity contribution < 1.29 is 13.2 Å². The van der Waals surface area contributed by atoms with Crippen molar-refractivity contribution in [2.45, 2.75) is 30.7 Å². The number of amides is 1. The molecule has 7 heteroatoms. The van der Waals surface area contributed by atoms with Gasteiger partial charge in [-0.05, 0) is 37.6 Å². The Hall–Kier alpha value is -1.44. The van der Waals surface area contributed by atoms with Crippen molar-refractivity contribution in [2.24, 2.45) is 0 Å². The molecule has 22 heavy (non-hydrogen) atoms. The number of carbonyl (C=O) groups is 1. The molecule has 1 unspecified atom stereocenters. The van der Waals surface area contributed by atoms with E-state index in [0.29, 0.717) is 32.6 Å². The Morgan fingerprint density at radius 1 is 1.18 bits per heavy atom. The minimum Gasteiger partial charge on any atom is -0.312 e. The number of carbonyl (C=O) groups excluding carboxylic acids is 1. The Morgan fingerprint density at radius 2 is 1.91 bits per heavy atom. The highest BCUT2D eigenvalue weighted by Gasteiger charge is 2.29. The maximum Gasteiger partial charge on any atom is 0.243 e. The van der Waals surface area contributed by atoms with E-state index in [9.17, 15) is 13.2 Å². The number of benzene rings is 1. The molecule has 1 amide bonds. The summed E-state index contributed by atoms with van der Waals surface area (Å²) in [6, 6.07) is 6.81. The lowest BCUT2D eigenvalue weighted by Gasteiger charge is -2.31. The van der Waals surface area contributed by atoms with Crippen molar-refractivity contribution in [1.82, 2.24) is 9.62 Å². The van der Waals surface area contributed by atoms with Gasteiger partial charge in [-0.1, -0.05) is 0 Å². The van der Waals surface area contributed by atoms with E-state index in [4.69, 9.17) is 0 Å². The van der Waals surface area contributed by atoms with Gasteiger partial charge in [0.1, 0.15) is 0 Å². The van der Waals surface area contributed by atoms with Crippen LogP contribution in [0.3, 0.4) is 0 Å². The van der Waals surface area contributed by atoms with Gasteiger partial charge in [-0.3, -0.25) is 4.79 Å². The molecule has 0 aromatic heterocycles. The molecule has 1 aromatic rings. The minimum absolute atomic E-state index is 0.103. The molecule has 0 saturated carbocycles. The van der Waals surface area contributed by atoms with Crippen LogP contribution in [0.5, 0.6) is 0 Å². The lowest BCUT2D eigenvalue weighted by atomic mass is 10.3. The molecule has 0 aliphatic carbocycles. The predicted molar refractivity (Wildman–Crippen MR) is 84.3 cm³/mol. The van der Waals surface area contributed by atoms with Crippen LogP contribution in [0.4, 0.5) is 5.69 Å². The zero-order chi connectivity index (χ0) is 15.7. The van der Waals surface area contributed by atoms with Crippen molar-refractivity contribution in [3.8, 4) is 0 Å². The minimum atomic E-state index is -3.46. The van der Waals surface area contributed by atoms with Crippen LogP contribution in [-0.4, -0.2) is 50.9 Å².